The summed E-state index contributed by atoms with van der Waals surface area (Å²) in [5.41, 5.74) is 4.81. The fourth-order valence-electron chi connectivity index (χ4n) is 3.79. The van der Waals surface area contributed by atoms with Crippen LogP contribution in [0, 0.1) is 5.92 Å². The van der Waals surface area contributed by atoms with Gasteiger partial charge in [-0.3, -0.25) is 33.6 Å². The number of aromatic nitrogens is 2. The summed E-state index contributed by atoms with van der Waals surface area (Å²) < 4.78 is 6.26. The molecule has 2 aromatic rings. The van der Waals surface area contributed by atoms with E-state index in [1.807, 2.05) is 13.8 Å². The third-order valence-electron chi connectivity index (χ3n) is 5.39. The van der Waals surface area contributed by atoms with Crippen LogP contribution in [0.4, 0.5) is 11.5 Å². The number of benzene rings is 1. The highest BCUT2D eigenvalue weighted by Gasteiger charge is 2.42. The van der Waals surface area contributed by atoms with E-state index in [-0.39, 0.29) is 48.2 Å². The summed E-state index contributed by atoms with van der Waals surface area (Å²) in [6.07, 6.45) is 0. The molecule has 1 atom stereocenters. The number of hydrogen-bond acceptors (Lipinski definition) is 7. The number of amides is 3. The van der Waals surface area contributed by atoms with Crippen molar-refractivity contribution in [3.8, 4) is 0 Å². The molecule has 0 radical (unpaired) electrons. The van der Waals surface area contributed by atoms with E-state index in [0.717, 1.165) is 9.80 Å². The number of H-pyrrole nitrogens is 1. The van der Waals surface area contributed by atoms with Crippen molar-refractivity contribution in [2.24, 2.45) is 5.92 Å². The number of carbonyl (C=O) groups excluding carboxylic acids is 3. The molecule has 11 nitrogen and oxygen atoms in total. The summed E-state index contributed by atoms with van der Waals surface area (Å²) in [5.74, 6) is -2.07. The van der Waals surface area contributed by atoms with Crippen LogP contribution in [0.3, 0.4) is 0 Å². The lowest BCUT2D eigenvalue weighted by atomic mass is 10.1. The Morgan fingerprint density at radius 3 is 2.18 bits per heavy atom. The van der Waals surface area contributed by atoms with Crippen LogP contribution in [0.25, 0.3) is 0 Å². The van der Waals surface area contributed by atoms with Crippen LogP contribution >= 0.6 is 0 Å². The number of nitrogens with one attached hydrogen (secondary N) is 1. The molecule has 1 aromatic carbocycles. The highest BCUT2D eigenvalue weighted by Crippen LogP contribution is 2.26. The molecule has 33 heavy (non-hydrogen) atoms. The quantitative estimate of drug-likeness (QED) is 0.547. The molecule has 176 valence electrons. The molecule has 1 aliphatic rings. The molecule has 0 unspecified atom stereocenters. The highest BCUT2D eigenvalue weighted by atomic mass is 16.5. The SMILES string of the molecule is COCCN(C(=O)[C@H](C)N1C(=O)c2ccccc2C1=O)c1c(N)n(CC(C)C)c(=O)[nH]c1=O. The lowest BCUT2D eigenvalue weighted by Gasteiger charge is -2.30. The fraction of sp³-hybridized carbons (Fsp3) is 0.409. The van der Waals surface area contributed by atoms with Crippen LogP contribution in [0.5, 0.6) is 0 Å². The summed E-state index contributed by atoms with van der Waals surface area (Å²) in [6.45, 7) is 5.31. The van der Waals surface area contributed by atoms with Crippen LogP contribution in [-0.4, -0.2) is 58.5 Å². The largest absolute Gasteiger partial charge is 0.383 e. The maximum Gasteiger partial charge on any atom is 0.330 e. The van der Waals surface area contributed by atoms with Gasteiger partial charge >= 0.3 is 5.69 Å². The summed E-state index contributed by atoms with van der Waals surface area (Å²) in [5, 5.41) is 0. The van der Waals surface area contributed by atoms with Crippen molar-refractivity contribution in [3.63, 3.8) is 0 Å². The van der Waals surface area contributed by atoms with Gasteiger partial charge in [0, 0.05) is 20.2 Å². The van der Waals surface area contributed by atoms with Crippen molar-refractivity contribution in [3.05, 3.63) is 56.2 Å². The molecule has 1 aliphatic heterocycles. The van der Waals surface area contributed by atoms with Gasteiger partial charge in [-0.15, -0.1) is 0 Å². The minimum absolute atomic E-state index is 0.0316. The van der Waals surface area contributed by atoms with Gasteiger partial charge < -0.3 is 15.4 Å². The van der Waals surface area contributed by atoms with E-state index in [0.29, 0.717) is 0 Å². The van der Waals surface area contributed by atoms with E-state index in [1.54, 1.807) is 12.1 Å². The molecule has 0 bridgehead atoms. The van der Waals surface area contributed by atoms with E-state index < -0.39 is 35.0 Å². The molecule has 1 aromatic heterocycles. The first kappa shape index (κ1) is 23.9. The van der Waals surface area contributed by atoms with Gasteiger partial charge in [0.05, 0.1) is 17.7 Å². The second kappa shape index (κ2) is 9.41. The Kier molecular flexibility index (Phi) is 6.82. The molecule has 0 fully saturated rings. The van der Waals surface area contributed by atoms with Crippen LogP contribution in [0.15, 0.2) is 33.9 Å². The van der Waals surface area contributed by atoms with Gasteiger partial charge in [0.1, 0.15) is 11.9 Å². The summed E-state index contributed by atoms with van der Waals surface area (Å²) >= 11 is 0. The number of rotatable bonds is 8. The predicted octanol–water partition coefficient (Wildman–Crippen LogP) is 0.439. The third-order valence-corrected chi connectivity index (χ3v) is 5.39. The zero-order valence-corrected chi connectivity index (χ0v) is 19.0. The van der Waals surface area contributed by atoms with Crippen molar-refractivity contribution < 1.29 is 19.1 Å². The van der Waals surface area contributed by atoms with Crippen LogP contribution in [0.2, 0.25) is 0 Å². The van der Waals surface area contributed by atoms with Crippen molar-refractivity contribution in [1.29, 1.82) is 0 Å². The van der Waals surface area contributed by atoms with Crippen LogP contribution < -0.4 is 21.9 Å². The van der Waals surface area contributed by atoms with Gasteiger partial charge in [-0.1, -0.05) is 26.0 Å². The van der Waals surface area contributed by atoms with Crippen molar-refractivity contribution in [2.45, 2.75) is 33.4 Å². The number of nitrogen functional groups attached to an aromatic ring is 1. The first-order valence-corrected chi connectivity index (χ1v) is 10.5. The number of ether oxygens (including phenoxy) is 1. The Hall–Kier alpha value is -3.73. The number of carbonyl (C=O) groups is 3. The Labute approximate surface area is 189 Å². The summed E-state index contributed by atoms with van der Waals surface area (Å²) in [4.78, 5) is 68.4. The maximum atomic E-state index is 13.5. The standard InChI is InChI=1S/C22H27N5O6/c1-12(2)11-26-17(23)16(18(28)24-22(26)32)25(9-10-33-4)19(29)13(3)27-20(30)14-7-5-6-8-15(14)21(27)31/h5-8,12-13H,9-11,23H2,1-4H3,(H,24,28,32)/t13-/m0/s1. The number of aromatic amines is 1. The Balaban J connectivity index is 2.05. The number of hydrogen-bond donors (Lipinski definition) is 2. The number of anilines is 2. The number of fused-ring (bicyclic) bond motifs is 1. The minimum Gasteiger partial charge on any atom is -0.383 e. The van der Waals surface area contributed by atoms with Crippen molar-refractivity contribution in [1.82, 2.24) is 14.5 Å². The minimum atomic E-state index is -1.24. The number of nitrogens with zero attached hydrogens (tertiary/aromatic N) is 3. The first-order valence-electron chi connectivity index (χ1n) is 10.5. The van der Waals surface area contributed by atoms with Gasteiger partial charge in [0.25, 0.3) is 17.4 Å². The van der Waals surface area contributed by atoms with E-state index in [4.69, 9.17) is 10.5 Å². The average Bonchev–Trinajstić information content (AvgIpc) is 3.02. The second-order valence-electron chi connectivity index (χ2n) is 8.18. The van der Waals surface area contributed by atoms with Gasteiger partial charge in [-0.05, 0) is 25.0 Å². The summed E-state index contributed by atoms with van der Waals surface area (Å²) in [6, 6.07) is 5.05. The predicted molar refractivity (Wildman–Crippen MR) is 121 cm³/mol. The van der Waals surface area contributed by atoms with Crippen LogP contribution in [-0.2, 0) is 16.1 Å². The molecule has 3 amide bonds. The topological polar surface area (TPSA) is 148 Å². The molecular weight excluding hydrogens is 430 g/mol. The fourth-order valence-corrected chi connectivity index (χ4v) is 3.79. The Bertz CT molecular complexity index is 1180. The summed E-state index contributed by atoms with van der Waals surface area (Å²) in [7, 11) is 1.42. The number of methoxy groups -OCH3 is 1. The zero-order valence-electron chi connectivity index (χ0n) is 19.0. The third kappa shape index (κ3) is 4.31. The molecule has 3 N–H and O–H groups in total. The lowest BCUT2D eigenvalue weighted by molar-refractivity contribution is -0.122. The zero-order chi connectivity index (χ0) is 24.4. The molecule has 11 heteroatoms. The van der Waals surface area contributed by atoms with Crippen LogP contribution in [0.1, 0.15) is 41.5 Å². The number of nitrogens with two attached hydrogens (primary N) is 1. The maximum absolute atomic E-state index is 13.5. The molecule has 0 saturated heterocycles. The monoisotopic (exact) mass is 457 g/mol. The van der Waals surface area contributed by atoms with E-state index in [1.165, 1.54) is 30.7 Å². The molecule has 0 spiro atoms. The van der Waals surface area contributed by atoms with Crippen molar-refractivity contribution in [2.75, 3.05) is 30.9 Å². The van der Waals surface area contributed by atoms with E-state index in [2.05, 4.69) is 4.98 Å². The Morgan fingerprint density at radius 1 is 1.09 bits per heavy atom. The van der Waals surface area contributed by atoms with Gasteiger partial charge in [0.15, 0.2) is 5.69 Å². The Morgan fingerprint density at radius 2 is 1.67 bits per heavy atom. The van der Waals surface area contributed by atoms with Gasteiger partial charge in [-0.25, -0.2) is 4.79 Å². The molecule has 0 aliphatic carbocycles. The smallest absolute Gasteiger partial charge is 0.330 e. The van der Waals surface area contributed by atoms with Crippen molar-refractivity contribution >= 4 is 29.2 Å². The first-order chi connectivity index (χ1) is 15.6. The van der Waals surface area contributed by atoms with E-state index in [9.17, 15) is 24.0 Å². The second-order valence-corrected chi connectivity index (χ2v) is 8.18. The molecule has 3 rings (SSSR count). The molecule has 2 heterocycles. The average molecular weight is 457 g/mol. The van der Waals surface area contributed by atoms with E-state index >= 15 is 0 Å². The normalized spacial score (nSPS) is 14.0. The number of imide groups is 1. The van der Waals surface area contributed by atoms with Gasteiger partial charge in [0.2, 0.25) is 5.91 Å². The van der Waals surface area contributed by atoms with Gasteiger partial charge in [-0.2, -0.15) is 0 Å². The highest BCUT2D eigenvalue weighted by molar-refractivity contribution is 6.23. The lowest BCUT2D eigenvalue weighted by Crippen LogP contribution is -2.52. The molecule has 0 saturated carbocycles. The molecular formula is C22H27N5O6.